The van der Waals surface area contributed by atoms with Crippen LogP contribution in [-0.2, 0) is 16.1 Å². The lowest BCUT2D eigenvalue weighted by atomic mass is 10.1. The van der Waals surface area contributed by atoms with Crippen LogP contribution in [0.25, 0.3) is 11.4 Å². The second kappa shape index (κ2) is 7.78. The highest BCUT2D eigenvalue weighted by Gasteiger charge is 2.31. The molecule has 1 saturated heterocycles. The van der Waals surface area contributed by atoms with Crippen LogP contribution in [0.4, 0.5) is 10.1 Å². The van der Waals surface area contributed by atoms with Crippen molar-refractivity contribution < 1.29 is 14.0 Å². The summed E-state index contributed by atoms with van der Waals surface area (Å²) in [4.78, 5) is 27.3. The van der Waals surface area contributed by atoms with E-state index in [-0.39, 0.29) is 36.6 Å². The number of benzene rings is 2. The van der Waals surface area contributed by atoms with Crippen LogP contribution in [0.3, 0.4) is 0 Å². The van der Waals surface area contributed by atoms with Crippen molar-refractivity contribution in [1.82, 2.24) is 25.5 Å². The van der Waals surface area contributed by atoms with Gasteiger partial charge in [-0.25, -0.2) is 4.39 Å². The van der Waals surface area contributed by atoms with Gasteiger partial charge in [-0.05, 0) is 36.4 Å². The van der Waals surface area contributed by atoms with E-state index in [0.29, 0.717) is 18.1 Å². The average Bonchev–Trinajstić information content (AvgIpc) is 3.29. The van der Waals surface area contributed by atoms with E-state index in [1.165, 1.54) is 21.8 Å². The zero-order valence-corrected chi connectivity index (χ0v) is 15.7. The van der Waals surface area contributed by atoms with Gasteiger partial charge in [0.05, 0.1) is 6.04 Å². The lowest BCUT2D eigenvalue weighted by Crippen LogP contribution is -2.39. The van der Waals surface area contributed by atoms with E-state index in [4.69, 9.17) is 0 Å². The number of carbonyl (C=O) groups is 2. The quantitative estimate of drug-likeness (QED) is 0.711. The third-order valence-corrected chi connectivity index (χ3v) is 4.68. The zero-order valence-electron chi connectivity index (χ0n) is 15.7. The number of amides is 2. The molecule has 9 heteroatoms. The maximum absolute atomic E-state index is 13.1. The maximum atomic E-state index is 13.1. The van der Waals surface area contributed by atoms with Gasteiger partial charge in [0.15, 0.2) is 0 Å². The summed E-state index contributed by atoms with van der Waals surface area (Å²) in [6.45, 7) is 2.22. The van der Waals surface area contributed by atoms with Crippen LogP contribution < -0.4 is 10.2 Å². The number of rotatable bonds is 5. The highest BCUT2D eigenvalue weighted by Crippen LogP contribution is 2.22. The highest BCUT2D eigenvalue weighted by atomic mass is 19.1. The van der Waals surface area contributed by atoms with Crippen molar-refractivity contribution in [3.05, 3.63) is 59.9 Å². The first-order valence-corrected chi connectivity index (χ1v) is 9.18. The molecule has 1 aliphatic rings. The molecule has 1 N–H and O–H groups in total. The molecule has 1 fully saturated rings. The second-order valence-electron chi connectivity index (χ2n) is 6.96. The number of aryl methyl sites for hydroxylation is 1. The van der Waals surface area contributed by atoms with E-state index < -0.39 is 0 Å². The fraction of sp³-hybridized carbons (Fsp3) is 0.250. The van der Waals surface area contributed by atoms with Crippen LogP contribution in [0.2, 0.25) is 0 Å². The summed E-state index contributed by atoms with van der Waals surface area (Å²) in [5.41, 5.74) is 2.55. The molecule has 29 heavy (non-hydrogen) atoms. The van der Waals surface area contributed by atoms with E-state index in [1.807, 2.05) is 31.2 Å². The van der Waals surface area contributed by atoms with E-state index >= 15 is 0 Å². The van der Waals surface area contributed by atoms with E-state index in [2.05, 4.69) is 20.7 Å². The predicted molar refractivity (Wildman–Crippen MR) is 103 cm³/mol. The van der Waals surface area contributed by atoms with Gasteiger partial charge in [-0.3, -0.25) is 9.59 Å². The molecule has 0 spiro atoms. The first kappa shape index (κ1) is 18.7. The smallest absolute Gasteiger partial charge is 0.243 e. The number of halogens is 1. The van der Waals surface area contributed by atoms with Gasteiger partial charge in [0.25, 0.3) is 0 Å². The van der Waals surface area contributed by atoms with Gasteiger partial charge >= 0.3 is 0 Å². The minimum absolute atomic E-state index is 0.0971. The van der Waals surface area contributed by atoms with Crippen molar-refractivity contribution in [2.24, 2.45) is 0 Å². The number of anilines is 1. The van der Waals surface area contributed by atoms with Crippen molar-refractivity contribution in [2.45, 2.75) is 25.9 Å². The zero-order chi connectivity index (χ0) is 20.4. The minimum atomic E-state index is -0.365. The van der Waals surface area contributed by atoms with Crippen LogP contribution in [0.5, 0.6) is 0 Å². The average molecular weight is 394 g/mol. The molecule has 1 atom stereocenters. The fourth-order valence-corrected chi connectivity index (χ4v) is 3.21. The first-order valence-electron chi connectivity index (χ1n) is 9.18. The lowest BCUT2D eigenvalue weighted by Gasteiger charge is -2.17. The molecule has 1 unspecified atom stereocenters. The van der Waals surface area contributed by atoms with Gasteiger partial charge in [-0.1, -0.05) is 29.8 Å². The fourth-order valence-electron chi connectivity index (χ4n) is 3.21. The molecular weight excluding hydrogens is 375 g/mol. The topological polar surface area (TPSA) is 93.0 Å². The van der Waals surface area contributed by atoms with Gasteiger partial charge in [-0.15, -0.1) is 10.2 Å². The first-order chi connectivity index (χ1) is 14.0. The van der Waals surface area contributed by atoms with Crippen LogP contribution >= 0.6 is 0 Å². The predicted octanol–water partition coefficient (Wildman–Crippen LogP) is 1.71. The summed E-state index contributed by atoms with van der Waals surface area (Å²) in [6, 6.07) is 13.1. The number of nitrogens with one attached hydrogen (secondary N) is 1. The van der Waals surface area contributed by atoms with Crippen molar-refractivity contribution in [2.75, 3.05) is 11.4 Å². The minimum Gasteiger partial charge on any atom is -0.349 e. The van der Waals surface area contributed by atoms with Crippen molar-refractivity contribution in [3.63, 3.8) is 0 Å². The molecular formula is C20H19FN6O2. The molecule has 148 valence electrons. The monoisotopic (exact) mass is 394 g/mol. The van der Waals surface area contributed by atoms with Crippen molar-refractivity contribution >= 4 is 17.5 Å². The van der Waals surface area contributed by atoms with Gasteiger partial charge in [-0.2, -0.15) is 4.80 Å². The summed E-state index contributed by atoms with van der Waals surface area (Å²) in [6.07, 6.45) is 0.183. The standard InChI is InChI=1S/C20H19FN6O2/c1-13-2-4-14(5-3-13)20-23-25-27(24-20)12-18(28)22-16-10-19(29)26(11-16)17-8-6-15(21)7-9-17/h2-9,16H,10-12H2,1H3,(H,22,28). The second-order valence-corrected chi connectivity index (χ2v) is 6.96. The molecule has 0 saturated carbocycles. The normalized spacial score (nSPS) is 16.3. The summed E-state index contributed by atoms with van der Waals surface area (Å²) >= 11 is 0. The van der Waals surface area contributed by atoms with Gasteiger partial charge in [0.2, 0.25) is 17.6 Å². The van der Waals surface area contributed by atoms with Crippen molar-refractivity contribution in [3.8, 4) is 11.4 Å². The molecule has 4 rings (SSSR count). The molecule has 1 aliphatic heterocycles. The van der Waals surface area contributed by atoms with Gasteiger partial charge < -0.3 is 10.2 Å². The Labute approximate surface area is 166 Å². The van der Waals surface area contributed by atoms with Crippen LogP contribution in [0.1, 0.15) is 12.0 Å². The molecule has 2 heterocycles. The Morgan fingerprint density at radius 3 is 2.62 bits per heavy atom. The molecule has 2 aromatic carbocycles. The highest BCUT2D eigenvalue weighted by molar-refractivity contribution is 5.96. The Bertz CT molecular complexity index is 1030. The summed E-state index contributed by atoms with van der Waals surface area (Å²) in [7, 11) is 0. The van der Waals surface area contributed by atoms with E-state index in [1.54, 1.807) is 12.1 Å². The molecule has 0 bridgehead atoms. The van der Waals surface area contributed by atoms with E-state index in [9.17, 15) is 14.0 Å². The molecule has 8 nitrogen and oxygen atoms in total. The van der Waals surface area contributed by atoms with E-state index in [0.717, 1.165) is 11.1 Å². The number of tetrazole rings is 1. The van der Waals surface area contributed by atoms with Crippen LogP contribution in [-0.4, -0.2) is 44.6 Å². The Hall–Kier alpha value is -3.62. The molecule has 1 aromatic heterocycles. The third-order valence-electron chi connectivity index (χ3n) is 4.68. The summed E-state index contributed by atoms with van der Waals surface area (Å²) < 4.78 is 13.1. The number of hydrogen-bond acceptors (Lipinski definition) is 5. The molecule has 0 radical (unpaired) electrons. The largest absolute Gasteiger partial charge is 0.349 e. The van der Waals surface area contributed by atoms with Crippen LogP contribution in [0, 0.1) is 12.7 Å². The maximum Gasteiger partial charge on any atom is 0.243 e. The number of carbonyl (C=O) groups excluding carboxylic acids is 2. The van der Waals surface area contributed by atoms with Gasteiger partial charge in [0, 0.05) is 24.2 Å². The Balaban J connectivity index is 1.35. The Morgan fingerprint density at radius 1 is 1.17 bits per heavy atom. The Kier molecular flexibility index (Phi) is 5.03. The van der Waals surface area contributed by atoms with Crippen LogP contribution in [0.15, 0.2) is 48.5 Å². The number of hydrogen-bond donors (Lipinski definition) is 1. The molecule has 3 aromatic rings. The third kappa shape index (κ3) is 4.29. The van der Waals surface area contributed by atoms with Gasteiger partial charge in [0.1, 0.15) is 12.4 Å². The molecule has 0 aliphatic carbocycles. The summed E-state index contributed by atoms with van der Waals surface area (Å²) in [5, 5.41) is 15.0. The lowest BCUT2D eigenvalue weighted by molar-refractivity contribution is -0.122. The molecule has 2 amide bonds. The number of aromatic nitrogens is 4. The summed E-state index contributed by atoms with van der Waals surface area (Å²) in [5.74, 6) is -0.356. The Morgan fingerprint density at radius 2 is 1.90 bits per heavy atom. The SMILES string of the molecule is Cc1ccc(-c2nnn(CC(=O)NC3CC(=O)N(c4ccc(F)cc4)C3)n2)cc1. The van der Waals surface area contributed by atoms with Crippen molar-refractivity contribution in [1.29, 1.82) is 0 Å². The number of nitrogens with zero attached hydrogens (tertiary/aromatic N) is 5.